The minimum Gasteiger partial charge on any atom is -0.459 e. The predicted octanol–water partition coefficient (Wildman–Crippen LogP) is 3.43. The van der Waals surface area contributed by atoms with Crippen molar-refractivity contribution in [3.05, 3.63) is 34.9 Å². The van der Waals surface area contributed by atoms with E-state index >= 15 is 0 Å². The number of rotatable bonds is 8. The molecular formula is C20H29ClN2O4. The van der Waals surface area contributed by atoms with Crippen LogP contribution in [0.3, 0.4) is 0 Å². The van der Waals surface area contributed by atoms with Gasteiger partial charge in [0, 0.05) is 29.6 Å². The number of nitrogens with zero attached hydrogens (tertiary/aromatic N) is 1. The molecule has 0 aliphatic heterocycles. The number of ether oxygens (including phenoxy) is 1. The summed E-state index contributed by atoms with van der Waals surface area (Å²) in [4.78, 5) is 37.9. The number of nitrogens with one attached hydrogen (secondary N) is 1. The number of esters is 1. The third kappa shape index (κ3) is 8.91. The van der Waals surface area contributed by atoms with E-state index in [2.05, 4.69) is 5.32 Å². The molecular weight excluding hydrogens is 368 g/mol. The summed E-state index contributed by atoms with van der Waals surface area (Å²) in [6.45, 7) is 9.35. The van der Waals surface area contributed by atoms with E-state index in [1.165, 1.54) is 4.90 Å². The van der Waals surface area contributed by atoms with Crippen LogP contribution in [0.4, 0.5) is 0 Å². The van der Waals surface area contributed by atoms with Crippen LogP contribution < -0.4 is 5.32 Å². The molecule has 1 rings (SSSR count). The molecule has 0 unspecified atom stereocenters. The van der Waals surface area contributed by atoms with Gasteiger partial charge in [0.15, 0.2) is 0 Å². The quantitative estimate of drug-likeness (QED) is 0.539. The maximum Gasteiger partial charge on any atom is 0.326 e. The largest absolute Gasteiger partial charge is 0.459 e. The van der Waals surface area contributed by atoms with Crippen LogP contribution in [0.15, 0.2) is 24.3 Å². The molecule has 0 spiro atoms. The van der Waals surface area contributed by atoms with Gasteiger partial charge in [0.25, 0.3) is 5.91 Å². The molecule has 0 aliphatic carbocycles. The average molecular weight is 397 g/mol. The molecule has 27 heavy (non-hydrogen) atoms. The lowest BCUT2D eigenvalue weighted by Gasteiger charge is -2.28. The third-order valence-electron chi connectivity index (χ3n) is 3.62. The zero-order valence-electron chi connectivity index (χ0n) is 16.7. The van der Waals surface area contributed by atoms with Crippen molar-refractivity contribution in [1.29, 1.82) is 0 Å². The second-order valence-electron chi connectivity index (χ2n) is 7.57. The lowest BCUT2D eigenvalue weighted by molar-refractivity contribution is -0.159. The monoisotopic (exact) mass is 396 g/mol. The Hall–Kier alpha value is -2.08. The molecule has 0 saturated carbocycles. The molecule has 0 aliphatic rings. The Morgan fingerprint density at radius 2 is 1.74 bits per heavy atom. The predicted molar refractivity (Wildman–Crippen MR) is 106 cm³/mol. The van der Waals surface area contributed by atoms with Crippen molar-refractivity contribution in [2.24, 2.45) is 0 Å². The summed E-state index contributed by atoms with van der Waals surface area (Å²) in [7, 11) is 0. The van der Waals surface area contributed by atoms with Crippen molar-refractivity contribution in [1.82, 2.24) is 10.2 Å². The zero-order chi connectivity index (χ0) is 20.6. The van der Waals surface area contributed by atoms with Gasteiger partial charge < -0.3 is 15.0 Å². The highest BCUT2D eigenvalue weighted by atomic mass is 35.5. The van der Waals surface area contributed by atoms with Crippen molar-refractivity contribution < 1.29 is 19.1 Å². The second kappa shape index (κ2) is 10.3. The van der Waals surface area contributed by atoms with Gasteiger partial charge in [-0.1, -0.05) is 11.6 Å². The molecule has 1 aromatic carbocycles. The van der Waals surface area contributed by atoms with Gasteiger partial charge in [-0.2, -0.15) is 0 Å². The van der Waals surface area contributed by atoms with E-state index in [9.17, 15) is 14.4 Å². The summed E-state index contributed by atoms with van der Waals surface area (Å²) in [5, 5.41) is 3.34. The molecule has 0 bridgehead atoms. The van der Waals surface area contributed by atoms with Crippen molar-refractivity contribution in [3.63, 3.8) is 0 Å². The molecule has 2 amide bonds. The van der Waals surface area contributed by atoms with Gasteiger partial charge in [-0.25, -0.2) is 0 Å². The number of carbonyl (C=O) groups excluding carboxylic acids is 3. The number of halogens is 1. The fraction of sp³-hybridized carbons (Fsp3) is 0.550. The SMILES string of the molecule is CC(C)N(CC(=O)OC(C)(C)C)C(=O)CCCNC(=O)c1ccc(Cl)cc1. The van der Waals surface area contributed by atoms with Crippen molar-refractivity contribution in [3.8, 4) is 0 Å². The minimum absolute atomic E-state index is 0.0785. The Bertz CT molecular complexity index is 651. The van der Waals surface area contributed by atoms with Crippen LogP contribution in [0.2, 0.25) is 5.02 Å². The maximum absolute atomic E-state index is 12.4. The first kappa shape index (κ1) is 23.0. The molecule has 0 atom stereocenters. The van der Waals surface area contributed by atoms with Gasteiger partial charge in [-0.15, -0.1) is 0 Å². The Kier molecular flexibility index (Phi) is 8.76. The van der Waals surface area contributed by atoms with Crippen LogP contribution in [-0.4, -0.2) is 47.4 Å². The van der Waals surface area contributed by atoms with Crippen molar-refractivity contribution in [2.45, 2.75) is 59.1 Å². The fourth-order valence-electron chi connectivity index (χ4n) is 2.36. The Labute approximate surface area is 166 Å². The fourth-order valence-corrected chi connectivity index (χ4v) is 2.49. The van der Waals surface area contributed by atoms with Gasteiger partial charge in [0.05, 0.1) is 0 Å². The van der Waals surface area contributed by atoms with E-state index in [-0.39, 0.29) is 30.8 Å². The van der Waals surface area contributed by atoms with Crippen LogP contribution >= 0.6 is 11.6 Å². The van der Waals surface area contributed by atoms with Gasteiger partial charge in [0.1, 0.15) is 12.1 Å². The standard InChI is InChI=1S/C20H29ClN2O4/c1-14(2)23(13-18(25)27-20(3,4)5)17(24)7-6-12-22-19(26)15-8-10-16(21)11-9-15/h8-11,14H,6-7,12-13H2,1-5H3,(H,22,26). The zero-order valence-corrected chi connectivity index (χ0v) is 17.4. The molecule has 7 heteroatoms. The van der Waals surface area contributed by atoms with E-state index in [1.54, 1.807) is 45.0 Å². The lowest BCUT2D eigenvalue weighted by Crippen LogP contribution is -2.42. The molecule has 0 heterocycles. The highest BCUT2D eigenvalue weighted by Crippen LogP contribution is 2.11. The molecule has 1 aromatic rings. The van der Waals surface area contributed by atoms with E-state index in [4.69, 9.17) is 16.3 Å². The average Bonchev–Trinajstić information content (AvgIpc) is 2.55. The van der Waals surface area contributed by atoms with E-state index in [1.807, 2.05) is 13.8 Å². The first-order valence-electron chi connectivity index (χ1n) is 9.04. The summed E-state index contributed by atoms with van der Waals surface area (Å²) in [5.41, 5.74) is -0.0752. The third-order valence-corrected chi connectivity index (χ3v) is 3.87. The Balaban J connectivity index is 2.44. The smallest absolute Gasteiger partial charge is 0.326 e. The van der Waals surface area contributed by atoms with Crippen LogP contribution in [-0.2, 0) is 14.3 Å². The normalized spacial score (nSPS) is 11.2. The Morgan fingerprint density at radius 1 is 1.15 bits per heavy atom. The molecule has 0 saturated heterocycles. The van der Waals surface area contributed by atoms with Crippen molar-refractivity contribution in [2.75, 3.05) is 13.1 Å². The van der Waals surface area contributed by atoms with Crippen LogP contribution in [0.1, 0.15) is 57.8 Å². The van der Waals surface area contributed by atoms with E-state index in [0.29, 0.717) is 23.6 Å². The van der Waals surface area contributed by atoms with Gasteiger partial charge in [-0.05, 0) is 65.3 Å². The molecule has 6 nitrogen and oxygen atoms in total. The summed E-state index contributed by atoms with van der Waals surface area (Å²) in [6.07, 6.45) is 0.720. The summed E-state index contributed by atoms with van der Waals surface area (Å²) in [5.74, 6) is -0.786. The van der Waals surface area contributed by atoms with Crippen molar-refractivity contribution >= 4 is 29.4 Å². The van der Waals surface area contributed by atoms with Crippen LogP contribution in [0.5, 0.6) is 0 Å². The van der Waals surface area contributed by atoms with Gasteiger partial charge in [0.2, 0.25) is 5.91 Å². The summed E-state index contributed by atoms with van der Waals surface area (Å²) in [6, 6.07) is 6.47. The first-order valence-corrected chi connectivity index (χ1v) is 9.42. The van der Waals surface area contributed by atoms with E-state index < -0.39 is 11.6 Å². The molecule has 0 aromatic heterocycles. The summed E-state index contributed by atoms with van der Waals surface area (Å²) >= 11 is 5.80. The number of carbonyl (C=O) groups is 3. The molecule has 150 valence electrons. The maximum atomic E-state index is 12.4. The first-order chi connectivity index (χ1) is 12.5. The molecule has 0 radical (unpaired) electrons. The second-order valence-corrected chi connectivity index (χ2v) is 8.00. The number of benzene rings is 1. The van der Waals surface area contributed by atoms with E-state index in [0.717, 1.165) is 0 Å². The number of amides is 2. The number of hydrogen-bond donors (Lipinski definition) is 1. The topological polar surface area (TPSA) is 75.7 Å². The Morgan fingerprint density at radius 3 is 2.26 bits per heavy atom. The highest BCUT2D eigenvalue weighted by Gasteiger charge is 2.23. The summed E-state index contributed by atoms with van der Waals surface area (Å²) < 4.78 is 5.28. The van der Waals surface area contributed by atoms with Gasteiger partial charge >= 0.3 is 5.97 Å². The molecule has 1 N–H and O–H groups in total. The van der Waals surface area contributed by atoms with Crippen LogP contribution in [0.25, 0.3) is 0 Å². The highest BCUT2D eigenvalue weighted by molar-refractivity contribution is 6.30. The number of hydrogen-bond acceptors (Lipinski definition) is 4. The van der Waals surface area contributed by atoms with Crippen LogP contribution in [0, 0.1) is 0 Å². The lowest BCUT2D eigenvalue weighted by atomic mass is 10.2. The minimum atomic E-state index is -0.589. The van der Waals surface area contributed by atoms with Gasteiger partial charge in [-0.3, -0.25) is 14.4 Å². The molecule has 0 fully saturated rings.